The zero-order valence-electron chi connectivity index (χ0n) is 18.8. The summed E-state index contributed by atoms with van der Waals surface area (Å²) in [7, 11) is 0. The minimum absolute atomic E-state index is 0.0629. The van der Waals surface area contributed by atoms with Crippen LogP contribution in [-0.4, -0.2) is 40.4 Å². The minimum atomic E-state index is -1.55. The highest BCUT2D eigenvalue weighted by Crippen LogP contribution is 2.61. The summed E-state index contributed by atoms with van der Waals surface area (Å²) in [6, 6.07) is 7.10. The molecule has 182 valence electrons. The Bertz CT molecular complexity index is 1170. The lowest BCUT2D eigenvalue weighted by molar-refractivity contribution is -0.152. The molecule has 5 rings (SSSR count). The number of hydrogen-bond donors (Lipinski definition) is 2. The molecule has 2 aromatic rings. The summed E-state index contributed by atoms with van der Waals surface area (Å²) in [5.74, 6) is -2.92. The number of nitrogens with zero attached hydrogens (tertiary/aromatic N) is 1. The van der Waals surface area contributed by atoms with Crippen LogP contribution in [0, 0.1) is 17.0 Å². The maximum Gasteiger partial charge on any atom is 0.325 e. The van der Waals surface area contributed by atoms with Crippen molar-refractivity contribution < 1.29 is 23.4 Å². The first-order valence-electron chi connectivity index (χ1n) is 11.3. The molecule has 34 heavy (non-hydrogen) atoms. The topological polar surface area (TPSA) is 75.8 Å². The Labute approximate surface area is 206 Å². The molecule has 4 atom stereocenters. The number of nitrogens with two attached hydrogens (primary N) is 1. The minimum Gasteiger partial charge on any atom is -0.443 e. The number of benzene rings is 2. The molecule has 4 unspecified atom stereocenters. The van der Waals surface area contributed by atoms with E-state index in [1.54, 1.807) is 19.9 Å². The molecule has 1 saturated carbocycles. The lowest BCUT2D eigenvalue weighted by atomic mass is 9.69. The van der Waals surface area contributed by atoms with Gasteiger partial charge in [-0.2, -0.15) is 0 Å². The number of rotatable bonds is 5. The highest BCUT2D eigenvalue weighted by molar-refractivity contribution is 6.31. The van der Waals surface area contributed by atoms with Crippen LogP contribution >= 0.6 is 23.2 Å². The van der Waals surface area contributed by atoms with E-state index in [2.05, 4.69) is 0 Å². The largest absolute Gasteiger partial charge is 0.443 e. The fourth-order valence-corrected chi connectivity index (χ4v) is 6.37. The third-order valence-electron chi connectivity index (χ3n) is 7.86. The Balaban J connectivity index is 1.80. The average molecular weight is 511 g/mol. The van der Waals surface area contributed by atoms with E-state index in [0.29, 0.717) is 6.42 Å². The number of ether oxygens (including phenoxy) is 1. The Morgan fingerprint density at radius 2 is 1.91 bits per heavy atom. The van der Waals surface area contributed by atoms with Crippen LogP contribution in [0.5, 0.6) is 0 Å². The zero-order chi connectivity index (χ0) is 24.6. The Hall–Kier alpha value is -1.77. The molecule has 0 bridgehead atoms. The van der Waals surface area contributed by atoms with Crippen molar-refractivity contribution in [3.63, 3.8) is 0 Å². The summed E-state index contributed by atoms with van der Waals surface area (Å²) in [6.45, 7) is 3.42. The second-order valence-corrected chi connectivity index (χ2v) is 11.1. The Kier molecular flexibility index (Phi) is 5.54. The quantitative estimate of drug-likeness (QED) is 0.569. The monoisotopic (exact) mass is 510 g/mol. The molecule has 2 saturated heterocycles. The van der Waals surface area contributed by atoms with E-state index < -0.39 is 52.3 Å². The van der Waals surface area contributed by atoms with Gasteiger partial charge in [-0.3, -0.25) is 4.79 Å². The van der Waals surface area contributed by atoms with Crippen LogP contribution in [-0.2, 0) is 15.1 Å². The van der Waals surface area contributed by atoms with Crippen LogP contribution in [0.2, 0.25) is 10.0 Å². The van der Waals surface area contributed by atoms with Gasteiger partial charge < -0.3 is 15.6 Å². The normalized spacial score (nSPS) is 31.4. The van der Waals surface area contributed by atoms with Gasteiger partial charge in [0.2, 0.25) is 0 Å². The molecule has 3 aliphatic rings. The molecule has 0 spiro atoms. The van der Waals surface area contributed by atoms with Gasteiger partial charge in [-0.25, -0.2) is 13.7 Å². The first-order valence-corrected chi connectivity index (χ1v) is 12.0. The molecule has 3 fully saturated rings. The van der Waals surface area contributed by atoms with E-state index in [1.165, 1.54) is 30.3 Å². The Morgan fingerprint density at radius 3 is 2.53 bits per heavy atom. The molecular formula is C25H26Cl2F2N2O3. The fourth-order valence-electron chi connectivity index (χ4n) is 6.03. The summed E-state index contributed by atoms with van der Waals surface area (Å²) < 4.78 is 36.7. The zero-order valence-corrected chi connectivity index (χ0v) is 20.3. The summed E-state index contributed by atoms with van der Waals surface area (Å²) in [4.78, 5) is 15.1. The van der Waals surface area contributed by atoms with Crippen molar-refractivity contribution in [2.24, 2.45) is 11.1 Å². The summed E-state index contributed by atoms with van der Waals surface area (Å²) >= 11 is 12.2. The van der Waals surface area contributed by atoms with Crippen molar-refractivity contribution in [2.45, 2.75) is 62.4 Å². The van der Waals surface area contributed by atoms with E-state index >= 15 is 8.78 Å². The number of aliphatic hydroxyl groups excluding tert-OH is 1. The van der Waals surface area contributed by atoms with Gasteiger partial charge in [-0.1, -0.05) is 41.4 Å². The number of carbonyl (C=O) groups excluding carboxylic acids is 1. The van der Waals surface area contributed by atoms with Gasteiger partial charge >= 0.3 is 5.97 Å². The van der Waals surface area contributed by atoms with Crippen LogP contribution in [0.1, 0.15) is 50.2 Å². The lowest BCUT2D eigenvalue weighted by Gasteiger charge is -2.43. The standard InChI is InChI=1S/C25H26Cl2F2N2O3/c1-23(2)31-18(11-24(12-32)8-9-24)25(30,15-7-6-13(26)10-17(15)28)19(21(31)22(33)34-23)14-4-3-5-16(27)20(14)29/h3-7,10,18-19,21,32H,8-9,11-12,30H2,1-2H3. The molecule has 9 heteroatoms. The van der Waals surface area contributed by atoms with Crippen molar-refractivity contribution in [3.05, 3.63) is 69.2 Å². The number of aliphatic hydroxyl groups is 1. The average Bonchev–Trinajstić information content (AvgIpc) is 3.43. The molecule has 0 aromatic heterocycles. The Morgan fingerprint density at radius 1 is 1.21 bits per heavy atom. The second-order valence-electron chi connectivity index (χ2n) is 10.3. The molecule has 5 nitrogen and oxygen atoms in total. The van der Waals surface area contributed by atoms with E-state index in [9.17, 15) is 9.90 Å². The molecule has 2 aromatic carbocycles. The van der Waals surface area contributed by atoms with Gasteiger partial charge in [0, 0.05) is 29.2 Å². The van der Waals surface area contributed by atoms with E-state index in [-0.39, 0.29) is 27.8 Å². The molecule has 3 N–H and O–H groups in total. The first kappa shape index (κ1) is 23.9. The number of hydrogen-bond acceptors (Lipinski definition) is 5. The van der Waals surface area contributed by atoms with Gasteiger partial charge in [0.05, 0.1) is 10.6 Å². The van der Waals surface area contributed by atoms with E-state index in [4.69, 9.17) is 33.7 Å². The first-order chi connectivity index (χ1) is 15.9. The van der Waals surface area contributed by atoms with Crippen LogP contribution in [0.3, 0.4) is 0 Å². The lowest BCUT2D eigenvalue weighted by Crippen LogP contribution is -2.56. The summed E-state index contributed by atoms with van der Waals surface area (Å²) in [5.41, 5.74) is 4.43. The van der Waals surface area contributed by atoms with Gasteiger partial charge in [-0.15, -0.1) is 0 Å². The van der Waals surface area contributed by atoms with Gasteiger partial charge in [-0.05, 0) is 62.3 Å². The molecule has 0 amide bonds. The van der Waals surface area contributed by atoms with Crippen LogP contribution in [0.25, 0.3) is 0 Å². The second kappa shape index (κ2) is 7.87. The SMILES string of the molecule is CC1(C)OC(=O)C2C(c3cccc(Cl)c3F)C(N)(c3ccc(Cl)cc3F)C(CC3(CO)CC3)N21. The number of cyclic esters (lactones) is 1. The number of fused-ring (bicyclic) bond motifs is 1. The van der Waals surface area contributed by atoms with E-state index in [1.807, 2.05) is 4.90 Å². The molecular weight excluding hydrogens is 485 g/mol. The third-order valence-corrected chi connectivity index (χ3v) is 8.39. The van der Waals surface area contributed by atoms with Gasteiger partial charge in [0.25, 0.3) is 0 Å². The van der Waals surface area contributed by atoms with Crippen LogP contribution in [0.4, 0.5) is 8.78 Å². The number of carbonyl (C=O) groups is 1. The maximum absolute atomic E-state index is 15.5. The number of esters is 1. The van der Waals surface area contributed by atoms with Crippen molar-refractivity contribution >= 4 is 29.2 Å². The van der Waals surface area contributed by atoms with Crippen LogP contribution in [0.15, 0.2) is 36.4 Å². The molecule has 1 aliphatic carbocycles. The maximum atomic E-state index is 15.5. The number of halogens is 4. The third kappa shape index (κ3) is 3.39. The van der Waals surface area contributed by atoms with Crippen molar-refractivity contribution in [3.8, 4) is 0 Å². The highest BCUT2D eigenvalue weighted by atomic mass is 35.5. The molecule has 2 aliphatic heterocycles. The summed E-state index contributed by atoms with van der Waals surface area (Å²) in [5, 5.41) is 10.2. The fraction of sp³-hybridized carbons (Fsp3) is 0.480. The van der Waals surface area contributed by atoms with Crippen LogP contribution < -0.4 is 5.73 Å². The summed E-state index contributed by atoms with van der Waals surface area (Å²) in [6.07, 6.45) is 1.95. The smallest absolute Gasteiger partial charge is 0.325 e. The molecule has 2 heterocycles. The highest BCUT2D eigenvalue weighted by Gasteiger charge is 2.70. The van der Waals surface area contributed by atoms with E-state index in [0.717, 1.165) is 12.8 Å². The van der Waals surface area contributed by atoms with Crippen molar-refractivity contribution in [2.75, 3.05) is 6.61 Å². The predicted octanol–water partition coefficient (Wildman–Crippen LogP) is 4.72. The predicted molar refractivity (Wildman–Crippen MR) is 124 cm³/mol. The van der Waals surface area contributed by atoms with Gasteiger partial charge in [0.1, 0.15) is 17.7 Å². The molecule has 0 radical (unpaired) electrons. The van der Waals surface area contributed by atoms with Gasteiger partial charge in [0.15, 0.2) is 5.72 Å². The van der Waals surface area contributed by atoms with Crippen molar-refractivity contribution in [1.29, 1.82) is 0 Å². The van der Waals surface area contributed by atoms with Crippen molar-refractivity contribution in [1.82, 2.24) is 4.90 Å².